The van der Waals surface area contributed by atoms with Gasteiger partial charge in [0.15, 0.2) is 0 Å². The predicted molar refractivity (Wildman–Crippen MR) is 70.9 cm³/mol. The lowest BCUT2D eigenvalue weighted by atomic mass is 10.3. The van der Waals surface area contributed by atoms with E-state index in [2.05, 4.69) is 10.3 Å². The van der Waals surface area contributed by atoms with E-state index < -0.39 is 5.69 Å². The zero-order valence-electron chi connectivity index (χ0n) is 10.4. The lowest BCUT2D eigenvalue weighted by Gasteiger charge is -2.09. The largest absolute Gasteiger partial charge is 0.381 e. The smallest absolute Gasteiger partial charge is 0.328 e. The molecule has 2 aromatic rings. The highest BCUT2D eigenvalue weighted by molar-refractivity contribution is 5.44. The van der Waals surface area contributed by atoms with E-state index in [1.54, 1.807) is 25.1 Å². The summed E-state index contributed by atoms with van der Waals surface area (Å²) in [5, 5.41) is 2.90. The van der Waals surface area contributed by atoms with E-state index in [1.165, 1.54) is 16.8 Å². The zero-order valence-corrected chi connectivity index (χ0v) is 10.4. The van der Waals surface area contributed by atoms with Gasteiger partial charge in [-0.15, -0.1) is 0 Å². The third-order valence-corrected chi connectivity index (χ3v) is 2.73. The summed E-state index contributed by atoms with van der Waals surface area (Å²) in [4.78, 5) is 24.9. The molecule has 5 nitrogen and oxygen atoms in total. The van der Waals surface area contributed by atoms with Gasteiger partial charge in [0.2, 0.25) is 0 Å². The highest BCUT2D eigenvalue weighted by Crippen LogP contribution is 2.11. The summed E-state index contributed by atoms with van der Waals surface area (Å²) in [6.07, 6.45) is 1.49. The van der Waals surface area contributed by atoms with Crippen molar-refractivity contribution in [1.82, 2.24) is 9.55 Å². The van der Waals surface area contributed by atoms with Crippen molar-refractivity contribution in [3.05, 3.63) is 62.7 Å². The molecule has 1 aromatic heterocycles. The third kappa shape index (κ3) is 3.09. The minimum atomic E-state index is -0.467. The Kier molecular flexibility index (Phi) is 3.79. The third-order valence-electron chi connectivity index (χ3n) is 2.73. The molecule has 0 aliphatic heterocycles. The van der Waals surface area contributed by atoms with E-state index in [4.69, 9.17) is 0 Å². The molecule has 0 amide bonds. The summed E-state index contributed by atoms with van der Waals surface area (Å²) in [6, 6.07) is 6.31. The molecule has 0 radical (unpaired) electrons. The molecule has 0 spiro atoms. The van der Waals surface area contributed by atoms with Crippen LogP contribution in [0.15, 0.2) is 40.1 Å². The highest BCUT2D eigenvalue weighted by atomic mass is 19.1. The minimum Gasteiger partial charge on any atom is -0.381 e. The number of anilines is 1. The lowest BCUT2D eigenvalue weighted by Crippen LogP contribution is -2.32. The fourth-order valence-electron chi connectivity index (χ4n) is 1.70. The molecule has 0 aliphatic rings. The maximum absolute atomic E-state index is 13.3. The molecule has 0 unspecified atom stereocenters. The number of hydrogen-bond donors (Lipinski definition) is 2. The molecule has 0 fully saturated rings. The molecule has 6 heteroatoms. The van der Waals surface area contributed by atoms with E-state index in [9.17, 15) is 14.0 Å². The number of aryl methyl sites for hydroxylation is 1. The number of benzene rings is 1. The molecular weight excluding hydrogens is 249 g/mol. The number of rotatable bonds is 4. The van der Waals surface area contributed by atoms with Crippen molar-refractivity contribution in [3.63, 3.8) is 0 Å². The first-order valence-electron chi connectivity index (χ1n) is 5.86. The number of para-hydroxylation sites is 1. The van der Waals surface area contributed by atoms with Crippen molar-refractivity contribution < 1.29 is 4.39 Å². The fourth-order valence-corrected chi connectivity index (χ4v) is 1.70. The van der Waals surface area contributed by atoms with Gasteiger partial charge in [-0.3, -0.25) is 14.3 Å². The van der Waals surface area contributed by atoms with Gasteiger partial charge >= 0.3 is 5.69 Å². The molecule has 0 saturated heterocycles. The molecule has 0 aliphatic carbocycles. The van der Waals surface area contributed by atoms with Crippen molar-refractivity contribution in [3.8, 4) is 0 Å². The second kappa shape index (κ2) is 5.51. The van der Waals surface area contributed by atoms with Gasteiger partial charge in [0, 0.05) is 24.8 Å². The van der Waals surface area contributed by atoms with Gasteiger partial charge in [0.1, 0.15) is 5.82 Å². The Bertz CT molecular complexity index is 691. The maximum Gasteiger partial charge on any atom is 0.328 e. The zero-order chi connectivity index (χ0) is 13.8. The molecule has 100 valence electrons. The average Bonchev–Trinajstić information content (AvgIpc) is 2.38. The van der Waals surface area contributed by atoms with Crippen LogP contribution in [0.4, 0.5) is 10.1 Å². The van der Waals surface area contributed by atoms with Gasteiger partial charge in [-0.25, -0.2) is 9.18 Å². The molecule has 19 heavy (non-hydrogen) atoms. The molecule has 0 saturated carbocycles. The molecule has 0 atom stereocenters. The van der Waals surface area contributed by atoms with Crippen LogP contribution < -0.4 is 16.6 Å². The number of hydrogen-bond acceptors (Lipinski definition) is 3. The van der Waals surface area contributed by atoms with E-state index in [-0.39, 0.29) is 11.4 Å². The highest BCUT2D eigenvalue weighted by Gasteiger charge is 2.02. The van der Waals surface area contributed by atoms with Crippen LogP contribution in [-0.4, -0.2) is 16.1 Å². The number of H-pyrrole nitrogens is 1. The van der Waals surface area contributed by atoms with Crippen molar-refractivity contribution in [1.29, 1.82) is 0 Å². The summed E-state index contributed by atoms with van der Waals surface area (Å²) < 4.78 is 14.7. The molecular formula is C13H14FN3O2. The lowest BCUT2D eigenvalue weighted by molar-refractivity contribution is 0.624. The van der Waals surface area contributed by atoms with Gasteiger partial charge < -0.3 is 5.32 Å². The Morgan fingerprint density at radius 3 is 2.79 bits per heavy atom. The Labute approximate surface area is 108 Å². The summed E-state index contributed by atoms with van der Waals surface area (Å²) in [6.45, 7) is 2.34. The van der Waals surface area contributed by atoms with Crippen LogP contribution in [0.3, 0.4) is 0 Å². The standard InChI is InChI=1S/C13H14FN3O2/c1-9-8-17(13(19)16-12(9)18)7-6-15-11-5-3-2-4-10(11)14/h2-5,8,15H,6-7H2,1H3,(H,16,18,19). The monoisotopic (exact) mass is 263 g/mol. The number of aromatic nitrogens is 2. The number of aromatic amines is 1. The van der Waals surface area contributed by atoms with Crippen LogP contribution in [0.5, 0.6) is 0 Å². The van der Waals surface area contributed by atoms with E-state index in [1.807, 2.05) is 0 Å². The molecule has 1 aromatic carbocycles. The quantitative estimate of drug-likeness (QED) is 0.868. The SMILES string of the molecule is Cc1cn(CCNc2ccccc2F)c(=O)[nH]c1=O. The van der Waals surface area contributed by atoms with Gasteiger partial charge in [-0.1, -0.05) is 12.1 Å². The van der Waals surface area contributed by atoms with E-state index in [0.29, 0.717) is 24.3 Å². The van der Waals surface area contributed by atoms with Crippen molar-refractivity contribution in [2.24, 2.45) is 0 Å². The first-order chi connectivity index (χ1) is 9.08. The van der Waals surface area contributed by atoms with Crippen LogP contribution >= 0.6 is 0 Å². The van der Waals surface area contributed by atoms with E-state index in [0.717, 1.165) is 0 Å². The molecule has 2 N–H and O–H groups in total. The summed E-state index contributed by atoms with van der Waals surface area (Å²) >= 11 is 0. The summed E-state index contributed by atoms with van der Waals surface area (Å²) in [7, 11) is 0. The van der Waals surface area contributed by atoms with Crippen LogP contribution in [0, 0.1) is 12.7 Å². The van der Waals surface area contributed by atoms with Gasteiger partial charge in [-0.05, 0) is 19.1 Å². The Hall–Kier alpha value is -2.37. The average molecular weight is 263 g/mol. The molecule has 0 bridgehead atoms. The Morgan fingerprint density at radius 2 is 2.05 bits per heavy atom. The number of nitrogens with zero attached hydrogens (tertiary/aromatic N) is 1. The normalized spacial score (nSPS) is 10.4. The fraction of sp³-hybridized carbons (Fsp3) is 0.231. The van der Waals surface area contributed by atoms with Gasteiger partial charge in [0.05, 0.1) is 5.69 Å². The minimum absolute atomic E-state index is 0.338. The first-order valence-corrected chi connectivity index (χ1v) is 5.86. The topological polar surface area (TPSA) is 66.9 Å². The first kappa shape index (κ1) is 13.1. The van der Waals surface area contributed by atoms with Gasteiger partial charge in [-0.2, -0.15) is 0 Å². The second-order valence-electron chi connectivity index (χ2n) is 4.17. The maximum atomic E-state index is 13.3. The Morgan fingerprint density at radius 1 is 1.32 bits per heavy atom. The summed E-state index contributed by atoms with van der Waals surface area (Å²) in [5.74, 6) is -0.340. The number of nitrogens with one attached hydrogen (secondary N) is 2. The van der Waals surface area contributed by atoms with Crippen LogP contribution in [-0.2, 0) is 6.54 Å². The predicted octanol–water partition coefficient (Wildman–Crippen LogP) is 1.10. The van der Waals surface area contributed by atoms with E-state index >= 15 is 0 Å². The molecule has 1 heterocycles. The van der Waals surface area contributed by atoms with Gasteiger partial charge in [0.25, 0.3) is 5.56 Å². The van der Waals surface area contributed by atoms with Crippen LogP contribution in [0.1, 0.15) is 5.56 Å². The van der Waals surface area contributed by atoms with Crippen LogP contribution in [0.25, 0.3) is 0 Å². The second-order valence-corrected chi connectivity index (χ2v) is 4.17. The number of halogens is 1. The summed E-state index contributed by atoms with van der Waals surface area (Å²) in [5.41, 5.74) is -0.00330. The van der Waals surface area contributed by atoms with Crippen molar-refractivity contribution in [2.75, 3.05) is 11.9 Å². The van der Waals surface area contributed by atoms with Crippen molar-refractivity contribution in [2.45, 2.75) is 13.5 Å². The van der Waals surface area contributed by atoms with Crippen molar-refractivity contribution >= 4 is 5.69 Å². The van der Waals surface area contributed by atoms with Crippen LogP contribution in [0.2, 0.25) is 0 Å². The Balaban J connectivity index is 2.04. The molecule has 2 rings (SSSR count).